The number of hydrogen-bond donors (Lipinski definition) is 2. The van der Waals surface area contributed by atoms with E-state index in [0.717, 1.165) is 13.0 Å². The number of nitrogens with one attached hydrogen (secondary N) is 1. The average molecular weight is 261 g/mol. The summed E-state index contributed by atoms with van der Waals surface area (Å²) < 4.78 is 0. The molecule has 0 saturated heterocycles. The van der Waals surface area contributed by atoms with Gasteiger partial charge in [-0.25, -0.2) is 0 Å². The Balaban J connectivity index is 1.69. The van der Waals surface area contributed by atoms with E-state index >= 15 is 0 Å². The Labute approximate surface area is 117 Å². The van der Waals surface area contributed by atoms with Gasteiger partial charge < -0.3 is 10.4 Å². The van der Waals surface area contributed by atoms with Crippen LogP contribution < -0.4 is 5.32 Å². The summed E-state index contributed by atoms with van der Waals surface area (Å²) in [5, 5.41) is 13.3. The maximum absolute atomic E-state index is 9.84. The van der Waals surface area contributed by atoms with Gasteiger partial charge in [0.1, 0.15) is 0 Å². The van der Waals surface area contributed by atoms with Gasteiger partial charge in [0.15, 0.2) is 0 Å². The fourth-order valence-corrected chi connectivity index (χ4v) is 2.91. The van der Waals surface area contributed by atoms with Crippen LogP contribution in [-0.4, -0.2) is 23.8 Å². The second-order valence-corrected chi connectivity index (χ2v) is 6.47. The van der Waals surface area contributed by atoms with E-state index in [1.165, 1.54) is 24.0 Å². The zero-order valence-corrected chi connectivity index (χ0v) is 12.4. The van der Waals surface area contributed by atoms with Gasteiger partial charge in [0, 0.05) is 12.6 Å². The summed E-state index contributed by atoms with van der Waals surface area (Å²) in [6.45, 7) is 7.20. The predicted octanol–water partition coefficient (Wildman–Crippen LogP) is 3.24. The van der Waals surface area contributed by atoms with Crippen molar-refractivity contribution < 1.29 is 5.11 Å². The zero-order chi connectivity index (χ0) is 13.8. The summed E-state index contributed by atoms with van der Waals surface area (Å²) >= 11 is 0. The number of aryl methyl sites for hydroxylation is 1. The SMILES string of the molecule is Cc1cccc(C2CC(NCC(O)CC(C)C)C2)c1. The Morgan fingerprint density at radius 1 is 1.32 bits per heavy atom. The Morgan fingerprint density at radius 3 is 2.68 bits per heavy atom. The zero-order valence-electron chi connectivity index (χ0n) is 12.4. The lowest BCUT2D eigenvalue weighted by molar-refractivity contribution is 0.133. The molecule has 1 aliphatic carbocycles. The molecule has 1 atom stereocenters. The first kappa shape index (κ1) is 14.5. The first-order chi connectivity index (χ1) is 9.04. The Morgan fingerprint density at radius 2 is 2.05 bits per heavy atom. The van der Waals surface area contributed by atoms with Crippen molar-refractivity contribution >= 4 is 0 Å². The summed E-state index contributed by atoms with van der Waals surface area (Å²) in [5.41, 5.74) is 2.82. The maximum Gasteiger partial charge on any atom is 0.0667 e. The van der Waals surface area contributed by atoms with Gasteiger partial charge in [0.25, 0.3) is 0 Å². The van der Waals surface area contributed by atoms with Crippen molar-refractivity contribution in [2.75, 3.05) is 6.54 Å². The second-order valence-electron chi connectivity index (χ2n) is 6.47. The standard InChI is InChI=1S/C17H27NO/c1-12(2)7-17(19)11-18-16-9-15(10-16)14-6-4-5-13(3)8-14/h4-6,8,12,15-19H,7,9-11H2,1-3H3. The van der Waals surface area contributed by atoms with Gasteiger partial charge >= 0.3 is 0 Å². The highest BCUT2D eigenvalue weighted by Crippen LogP contribution is 2.37. The third-order valence-corrected chi connectivity index (χ3v) is 4.04. The van der Waals surface area contributed by atoms with Gasteiger partial charge in [-0.2, -0.15) is 0 Å². The molecule has 19 heavy (non-hydrogen) atoms. The van der Waals surface area contributed by atoms with E-state index in [9.17, 15) is 5.11 Å². The molecular weight excluding hydrogens is 234 g/mol. The molecule has 0 amide bonds. The van der Waals surface area contributed by atoms with E-state index in [1.807, 2.05) is 0 Å². The molecule has 1 aromatic rings. The maximum atomic E-state index is 9.84. The number of aliphatic hydroxyl groups is 1. The monoisotopic (exact) mass is 261 g/mol. The van der Waals surface area contributed by atoms with Crippen LogP contribution in [0.2, 0.25) is 0 Å². The lowest BCUT2D eigenvalue weighted by atomic mass is 9.75. The van der Waals surface area contributed by atoms with Crippen molar-refractivity contribution in [3.8, 4) is 0 Å². The van der Waals surface area contributed by atoms with Crippen LogP contribution in [0.15, 0.2) is 24.3 Å². The average Bonchev–Trinajstić information content (AvgIpc) is 2.25. The summed E-state index contributed by atoms with van der Waals surface area (Å²) in [5.74, 6) is 1.28. The van der Waals surface area contributed by atoms with Gasteiger partial charge in [-0.15, -0.1) is 0 Å². The fraction of sp³-hybridized carbons (Fsp3) is 0.647. The molecule has 106 valence electrons. The van der Waals surface area contributed by atoms with Crippen LogP contribution in [0.25, 0.3) is 0 Å². The molecule has 1 unspecified atom stereocenters. The molecule has 1 fully saturated rings. The Bertz CT molecular complexity index is 396. The van der Waals surface area contributed by atoms with E-state index in [2.05, 4.69) is 50.4 Å². The minimum Gasteiger partial charge on any atom is -0.392 e. The van der Waals surface area contributed by atoms with Crippen LogP contribution in [0.5, 0.6) is 0 Å². The molecule has 1 aromatic carbocycles. The van der Waals surface area contributed by atoms with Crippen LogP contribution >= 0.6 is 0 Å². The van der Waals surface area contributed by atoms with Crippen molar-refractivity contribution in [1.29, 1.82) is 0 Å². The highest BCUT2D eigenvalue weighted by Gasteiger charge is 2.30. The van der Waals surface area contributed by atoms with Crippen LogP contribution in [-0.2, 0) is 0 Å². The molecular formula is C17H27NO. The minimum absolute atomic E-state index is 0.196. The van der Waals surface area contributed by atoms with Gasteiger partial charge in [0.2, 0.25) is 0 Å². The van der Waals surface area contributed by atoms with E-state index in [1.54, 1.807) is 0 Å². The van der Waals surface area contributed by atoms with Crippen LogP contribution in [0, 0.1) is 12.8 Å². The summed E-state index contributed by atoms with van der Waals surface area (Å²) in [6, 6.07) is 9.43. The molecule has 0 spiro atoms. The van der Waals surface area contributed by atoms with Crippen LogP contribution in [0.1, 0.15) is 50.2 Å². The second kappa shape index (κ2) is 6.53. The van der Waals surface area contributed by atoms with Crippen molar-refractivity contribution in [2.45, 2.75) is 58.1 Å². The van der Waals surface area contributed by atoms with Crippen molar-refractivity contribution in [3.05, 3.63) is 35.4 Å². The molecule has 0 bridgehead atoms. The first-order valence-corrected chi connectivity index (χ1v) is 7.52. The van der Waals surface area contributed by atoms with Crippen molar-refractivity contribution in [3.63, 3.8) is 0 Å². The molecule has 0 radical (unpaired) electrons. The number of rotatable bonds is 6. The predicted molar refractivity (Wildman–Crippen MR) is 80.4 cm³/mol. The van der Waals surface area contributed by atoms with Crippen molar-refractivity contribution in [1.82, 2.24) is 5.32 Å². The smallest absolute Gasteiger partial charge is 0.0667 e. The molecule has 2 heteroatoms. The van der Waals surface area contributed by atoms with E-state index in [4.69, 9.17) is 0 Å². The lowest BCUT2D eigenvalue weighted by Crippen LogP contribution is -2.43. The largest absolute Gasteiger partial charge is 0.392 e. The van der Waals surface area contributed by atoms with Crippen LogP contribution in [0.4, 0.5) is 0 Å². The van der Waals surface area contributed by atoms with E-state index in [-0.39, 0.29) is 6.10 Å². The Kier molecular flexibility index (Phi) is 5.00. The normalized spacial score (nSPS) is 24.3. The quantitative estimate of drug-likeness (QED) is 0.824. The highest BCUT2D eigenvalue weighted by molar-refractivity contribution is 5.27. The van der Waals surface area contributed by atoms with Gasteiger partial charge in [-0.3, -0.25) is 0 Å². The van der Waals surface area contributed by atoms with Gasteiger partial charge in [-0.05, 0) is 43.6 Å². The summed E-state index contributed by atoms with van der Waals surface area (Å²) in [7, 11) is 0. The molecule has 2 rings (SSSR count). The number of aliphatic hydroxyl groups excluding tert-OH is 1. The molecule has 1 aliphatic rings. The summed E-state index contributed by atoms with van der Waals surface area (Å²) in [4.78, 5) is 0. The minimum atomic E-state index is -0.196. The topological polar surface area (TPSA) is 32.3 Å². The molecule has 0 aliphatic heterocycles. The molecule has 2 nitrogen and oxygen atoms in total. The molecule has 0 aromatic heterocycles. The summed E-state index contributed by atoms with van der Waals surface area (Å²) in [6.07, 6.45) is 3.11. The van der Waals surface area contributed by atoms with Crippen LogP contribution in [0.3, 0.4) is 0 Å². The molecule has 2 N–H and O–H groups in total. The molecule has 1 saturated carbocycles. The lowest BCUT2D eigenvalue weighted by Gasteiger charge is -2.37. The third kappa shape index (κ3) is 4.32. The third-order valence-electron chi connectivity index (χ3n) is 4.04. The fourth-order valence-electron chi connectivity index (χ4n) is 2.91. The first-order valence-electron chi connectivity index (χ1n) is 7.52. The number of benzene rings is 1. The number of hydrogen-bond acceptors (Lipinski definition) is 2. The molecule has 0 heterocycles. The van der Waals surface area contributed by atoms with E-state index in [0.29, 0.717) is 17.9 Å². The Hall–Kier alpha value is -0.860. The highest BCUT2D eigenvalue weighted by atomic mass is 16.3. The van der Waals surface area contributed by atoms with Gasteiger partial charge in [-0.1, -0.05) is 43.7 Å². The van der Waals surface area contributed by atoms with Crippen molar-refractivity contribution in [2.24, 2.45) is 5.92 Å². The van der Waals surface area contributed by atoms with Gasteiger partial charge in [0.05, 0.1) is 6.10 Å². The van der Waals surface area contributed by atoms with E-state index < -0.39 is 0 Å².